The Kier molecular flexibility index (Phi) is 7.79. The topological polar surface area (TPSA) is 129 Å². The fraction of sp³-hybridized carbons (Fsp3) is 0.391. The minimum atomic E-state index is -4.00. The molecule has 1 saturated heterocycles. The molecule has 0 atom stereocenters. The van der Waals surface area contributed by atoms with Gasteiger partial charge >= 0.3 is 5.97 Å². The smallest absolute Gasteiger partial charge is 0.340 e. The van der Waals surface area contributed by atoms with Gasteiger partial charge in [-0.2, -0.15) is 5.26 Å². The van der Waals surface area contributed by atoms with Crippen molar-refractivity contribution >= 4 is 39.3 Å². The second-order valence-corrected chi connectivity index (χ2v) is 10.4. The Morgan fingerprint density at radius 3 is 2.41 bits per heavy atom. The molecule has 1 aromatic heterocycles. The SMILES string of the molecule is Cc1nc(N2CCC(C(=O)NS(=O)(=O)c3ccc(Cl)cc3)CC2)c(C#N)cc1C(=O)OC(C)C. The van der Waals surface area contributed by atoms with Crippen LogP contribution in [0.15, 0.2) is 35.2 Å². The van der Waals surface area contributed by atoms with E-state index in [2.05, 4.69) is 15.8 Å². The summed E-state index contributed by atoms with van der Waals surface area (Å²) in [4.78, 5) is 31.2. The number of pyridine rings is 1. The number of hydrogen-bond donors (Lipinski definition) is 1. The number of halogens is 1. The summed E-state index contributed by atoms with van der Waals surface area (Å²) in [6.07, 6.45) is 0.459. The van der Waals surface area contributed by atoms with Gasteiger partial charge in [0.25, 0.3) is 10.0 Å². The largest absolute Gasteiger partial charge is 0.459 e. The number of nitrogens with one attached hydrogen (secondary N) is 1. The molecule has 9 nitrogen and oxygen atoms in total. The van der Waals surface area contributed by atoms with Crippen LogP contribution < -0.4 is 9.62 Å². The van der Waals surface area contributed by atoms with Gasteiger partial charge in [0.2, 0.25) is 5.91 Å². The van der Waals surface area contributed by atoms with E-state index in [1.54, 1.807) is 20.8 Å². The summed E-state index contributed by atoms with van der Waals surface area (Å²) in [6.45, 7) is 5.94. The highest BCUT2D eigenvalue weighted by atomic mass is 35.5. The molecule has 1 aliphatic rings. The van der Waals surface area contributed by atoms with Crippen molar-refractivity contribution in [2.75, 3.05) is 18.0 Å². The van der Waals surface area contributed by atoms with Gasteiger partial charge in [-0.05, 0) is 63.9 Å². The Hall–Kier alpha value is -3.16. The van der Waals surface area contributed by atoms with Gasteiger partial charge in [-0.3, -0.25) is 4.79 Å². The van der Waals surface area contributed by atoms with Gasteiger partial charge in [0, 0.05) is 24.0 Å². The van der Waals surface area contributed by atoms with Crippen LogP contribution in [0.25, 0.3) is 0 Å². The molecule has 0 unspecified atom stereocenters. The van der Waals surface area contributed by atoms with Gasteiger partial charge in [-0.15, -0.1) is 0 Å². The van der Waals surface area contributed by atoms with Crippen molar-refractivity contribution in [2.24, 2.45) is 5.92 Å². The fourth-order valence-electron chi connectivity index (χ4n) is 3.64. The molecule has 1 amide bonds. The predicted octanol–water partition coefficient (Wildman–Crippen LogP) is 3.20. The van der Waals surface area contributed by atoms with E-state index in [1.165, 1.54) is 30.3 Å². The van der Waals surface area contributed by atoms with E-state index in [1.807, 2.05) is 4.90 Å². The number of anilines is 1. The van der Waals surface area contributed by atoms with Gasteiger partial charge in [-0.25, -0.2) is 22.9 Å². The predicted molar refractivity (Wildman–Crippen MR) is 126 cm³/mol. The third kappa shape index (κ3) is 5.85. The number of rotatable bonds is 6. The number of amides is 1. The molecule has 1 aliphatic heterocycles. The Morgan fingerprint density at radius 2 is 1.85 bits per heavy atom. The maximum absolute atomic E-state index is 12.6. The first-order valence-electron chi connectivity index (χ1n) is 10.7. The van der Waals surface area contributed by atoms with Crippen LogP contribution in [0.3, 0.4) is 0 Å². The average Bonchev–Trinajstić information content (AvgIpc) is 2.78. The summed E-state index contributed by atoms with van der Waals surface area (Å²) in [7, 11) is -4.00. The van der Waals surface area contributed by atoms with Crippen molar-refractivity contribution < 1.29 is 22.7 Å². The van der Waals surface area contributed by atoms with Gasteiger partial charge in [0.15, 0.2) is 0 Å². The van der Waals surface area contributed by atoms with E-state index in [-0.39, 0.29) is 22.1 Å². The van der Waals surface area contributed by atoms with E-state index in [9.17, 15) is 23.3 Å². The highest BCUT2D eigenvalue weighted by Crippen LogP contribution is 2.27. The van der Waals surface area contributed by atoms with E-state index in [0.717, 1.165) is 0 Å². The summed E-state index contributed by atoms with van der Waals surface area (Å²) in [5, 5.41) is 10.0. The van der Waals surface area contributed by atoms with Crippen molar-refractivity contribution in [3.05, 3.63) is 52.2 Å². The molecular weight excluding hydrogens is 480 g/mol. The summed E-state index contributed by atoms with van der Waals surface area (Å²) in [6, 6.07) is 9.09. The van der Waals surface area contributed by atoms with Gasteiger partial charge in [0.05, 0.1) is 27.8 Å². The summed E-state index contributed by atoms with van der Waals surface area (Å²) >= 11 is 5.79. The monoisotopic (exact) mass is 504 g/mol. The lowest BCUT2D eigenvalue weighted by atomic mass is 9.96. The van der Waals surface area contributed by atoms with Gasteiger partial charge in [-0.1, -0.05) is 11.6 Å². The quantitative estimate of drug-likeness (QED) is 0.593. The molecule has 2 aromatic rings. The minimum Gasteiger partial charge on any atom is -0.459 e. The molecule has 0 aliphatic carbocycles. The molecule has 11 heteroatoms. The summed E-state index contributed by atoms with van der Waals surface area (Å²) < 4.78 is 32.3. The highest BCUT2D eigenvalue weighted by Gasteiger charge is 2.30. The number of nitriles is 1. The highest BCUT2D eigenvalue weighted by molar-refractivity contribution is 7.90. The van der Waals surface area contributed by atoms with Crippen molar-refractivity contribution in [3.63, 3.8) is 0 Å². The summed E-state index contributed by atoms with van der Waals surface area (Å²) in [5.74, 6) is -1.20. The molecule has 0 spiro atoms. The number of piperidine rings is 1. The zero-order valence-corrected chi connectivity index (χ0v) is 20.6. The van der Waals surface area contributed by atoms with Crippen LogP contribution in [0.2, 0.25) is 5.02 Å². The minimum absolute atomic E-state index is 0.0443. The van der Waals surface area contributed by atoms with Gasteiger partial charge in [0.1, 0.15) is 11.9 Å². The number of hydrogen-bond acceptors (Lipinski definition) is 8. The number of esters is 1. The molecule has 3 rings (SSSR count). The maximum Gasteiger partial charge on any atom is 0.340 e. The average molecular weight is 505 g/mol. The molecule has 34 heavy (non-hydrogen) atoms. The fourth-order valence-corrected chi connectivity index (χ4v) is 4.81. The standard InChI is InChI=1S/C23H25ClN4O5S/c1-14(2)33-23(30)20-12-17(13-25)21(26-15(20)3)28-10-8-16(9-11-28)22(29)27-34(31,32)19-6-4-18(24)5-7-19/h4-7,12,14,16H,8-11H2,1-3H3,(H,27,29). The lowest BCUT2D eigenvalue weighted by molar-refractivity contribution is -0.123. The molecule has 180 valence electrons. The molecule has 2 heterocycles. The van der Waals surface area contributed by atoms with Crippen LogP contribution in [0.5, 0.6) is 0 Å². The Labute approximate surface area is 203 Å². The first kappa shape index (κ1) is 25.5. The second kappa shape index (κ2) is 10.4. The normalized spacial score (nSPS) is 14.5. The van der Waals surface area contributed by atoms with Crippen molar-refractivity contribution in [2.45, 2.75) is 44.6 Å². The molecule has 0 saturated carbocycles. The Morgan fingerprint density at radius 1 is 1.24 bits per heavy atom. The third-order valence-corrected chi connectivity index (χ3v) is 7.01. The van der Waals surface area contributed by atoms with Crippen molar-refractivity contribution in [1.82, 2.24) is 9.71 Å². The van der Waals surface area contributed by atoms with Crippen LogP contribution in [0.1, 0.15) is 48.3 Å². The van der Waals surface area contributed by atoms with E-state index >= 15 is 0 Å². The molecule has 1 fully saturated rings. The number of carbonyl (C=O) groups is 2. The molecular formula is C23H25ClN4O5S. The Balaban J connectivity index is 1.69. The van der Waals surface area contributed by atoms with E-state index in [4.69, 9.17) is 16.3 Å². The number of nitrogens with zero attached hydrogens (tertiary/aromatic N) is 3. The summed E-state index contributed by atoms with van der Waals surface area (Å²) in [5.41, 5.74) is 0.902. The van der Waals surface area contributed by atoms with E-state index in [0.29, 0.717) is 42.5 Å². The van der Waals surface area contributed by atoms with Crippen LogP contribution in [0.4, 0.5) is 5.82 Å². The Bertz CT molecular complexity index is 1230. The second-order valence-electron chi connectivity index (χ2n) is 8.24. The number of sulfonamides is 1. The number of ether oxygens (including phenoxy) is 1. The van der Waals surface area contributed by atoms with Crippen LogP contribution >= 0.6 is 11.6 Å². The van der Waals surface area contributed by atoms with Crippen LogP contribution in [0, 0.1) is 24.2 Å². The molecule has 0 radical (unpaired) electrons. The van der Waals surface area contributed by atoms with Gasteiger partial charge < -0.3 is 9.64 Å². The first-order valence-corrected chi connectivity index (χ1v) is 12.6. The maximum atomic E-state index is 12.6. The third-order valence-electron chi connectivity index (χ3n) is 5.40. The number of aromatic nitrogens is 1. The number of benzene rings is 1. The van der Waals surface area contributed by atoms with Crippen molar-refractivity contribution in [1.29, 1.82) is 5.26 Å². The number of carbonyl (C=O) groups excluding carboxylic acids is 2. The molecule has 0 bridgehead atoms. The zero-order valence-electron chi connectivity index (χ0n) is 19.0. The first-order chi connectivity index (χ1) is 16.0. The zero-order chi connectivity index (χ0) is 25.0. The molecule has 1 aromatic carbocycles. The lowest BCUT2D eigenvalue weighted by Crippen LogP contribution is -2.42. The van der Waals surface area contributed by atoms with Crippen LogP contribution in [-0.4, -0.2) is 44.5 Å². The van der Waals surface area contributed by atoms with E-state index < -0.39 is 27.8 Å². The number of aryl methyl sites for hydroxylation is 1. The van der Waals surface area contributed by atoms with Crippen LogP contribution in [-0.2, 0) is 19.6 Å². The lowest BCUT2D eigenvalue weighted by Gasteiger charge is -2.32. The molecule has 1 N–H and O–H groups in total. The van der Waals surface area contributed by atoms with Crippen molar-refractivity contribution in [3.8, 4) is 6.07 Å².